The molecule has 1 heterocycles. The van der Waals surface area contributed by atoms with Crippen LogP contribution in [0.1, 0.15) is 50.2 Å². The van der Waals surface area contributed by atoms with E-state index in [1.54, 1.807) is 0 Å². The van der Waals surface area contributed by atoms with Crippen LogP contribution >= 0.6 is 0 Å². The summed E-state index contributed by atoms with van der Waals surface area (Å²) in [6.07, 6.45) is 6.51. The molecule has 21 heavy (non-hydrogen) atoms. The summed E-state index contributed by atoms with van der Waals surface area (Å²) in [7, 11) is 0. The number of aryl methyl sites for hydroxylation is 1. The lowest BCUT2D eigenvalue weighted by Crippen LogP contribution is -3.16. The van der Waals surface area contributed by atoms with Crippen molar-refractivity contribution in [3.05, 3.63) is 35.4 Å². The minimum atomic E-state index is 0.0635. The summed E-state index contributed by atoms with van der Waals surface area (Å²) in [5, 5.41) is 3.09. The number of quaternary nitrogens is 1. The van der Waals surface area contributed by atoms with Crippen molar-refractivity contribution in [1.29, 1.82) is 0 Å². The van der Waals surface area contributed by atoms with E-state index in [-0.39, 0.29) is 11.9 Å². The summed E-state index contributed by atoms with van der Waals surface area (Å²) in [6.45, 7) is 7.06. The summed E-state index contributed by atoms with van der Waals surface area (Å²) in [6, 6.07) is 8.42. The highest BCUT2D eigenvalue weighted by Gasteiger charge is 2.24. The molecule has 0 unspecified atom stereocenters. The molecule has 2 rings (SSSR count). The zero-order chi connectivity index (χ0) is 15.1. The molecule has 2 N–H and O–H groups in total. The van der Waals surface area contributed by atoms with Crippen LogP contribution in [0.15, 0.2) is 24.3 Å². The van der Waals surface area contributed by atoms with Crippen LogP contribution in [-0.4, -0.2) is 25.0 Å². The van der Waals surface area contributed by atoms with Gasteiger partial charge in [0.05, 0.1) is 13.1 Å². The van der Waals surface area contributed by atoms with Gasteiger partial charge in [0.25, 0.3) is 5.91 Å². The van der Waals surface area contributed by atoms with Gasteiger partial charge in [0.2, 0.25) is 0 Å². The van der Waals surface area contributed by atoms with Gasteiger partial charge in [0.15, 0.2) is 6.04 Å². The van der Waals surface area contributed by atoms with Crippen LogP contribution in [0.4, 0.5) is 0 Å². The van der Waals surface area contributed by atoms with Crippen molar-refractivity contribution in [2.45, 2.75) is 58.5 Å². The van der Waals surface area contributed by atoms with Crippen LogP contribution in [0.3, 0.4) is 0 Å². The molecular formula is C18H29N2O+. The SMILES string of the molecule is Cc1ccc(CNC(=O)[C@@H](C)[NH+]2CCCCCCC2)cc1. The molecule has 0 radical (unpaired) electrons. The van der Waals surface area contributed by atoms with E-state index < -0.39 is 0 Å². The molecule has 3 heteroatoms. The first-order chi connectivity index (χ1) is 10.2. The standard InChI is InChI=1S/C18H28N2O/c1-15-8-10-17(11-9-15)14-19-18(21)16(2)20-12-6-4-3-5-7-13-20/h8-11,16H,3-7,12-14H2,1-2H3,(H,19,21)/p+1/t16-/m1/s1. The zero-order valence-electron chi connectivity index (χ0n) is 13.5. The maximum Gasteiger partial charge on any atom is 0.278 e. The Hall–Kier alpha value is -1.35. The van der Waals surface area contributed by atoms with Crippen molar-refractivity contribution in [3.8, 4) is 0 Å². The van der Waals surface area contributed by atoms with Crippen LogP contribution in [0, 0.1) is 6.92 Å². The fraction of sp³-hybridized carbons (Fsp3) is 0.611. The summed E-state index contributed by atoms with van der Waals surface area (Å²) in [5.41, 5.74) is 2.42. The molecule has 1 amide bonds. The maximum absolute atomic E-state index is 12.3. The van der Waals surface area contributed by atoms with Gasteiger partial charge in [-0.05, 0) is 45.1 Å². The second kappa shape index (κ2) is 8.18. The first kappa shape index (κ1) is 16.0. The normalized spacial score (nSPS) is 18.6. The predicted molar refractivity (Wildman–Crippen MR) is 86.3 cm³/mol. The Kier molecular flexibility index (Phi) is 6.24. The molecule has 0 bridgehead atoms. The molecule has 1 fully saturated rings. The fourth-order valence-electron chi connectivity index (χ4n) is 3.03. The highest BCUT2D eigenvalue weighted by atomic mass is 16.2. The van der Waals surface area contributed by atoms with Crippen LogP contribution in [-0.2, 0) is 11.3 Å². The molecule has 1 aliphatic rings. The van der Waals surface area contributed by atoms with E-state index in [1.165, 1.54) is 48.1 Å². The van der Waals surface area contributed by atoms with Crippen molar-refractivity contribution >= 4 is 5.91 Å². The summed E-state index contributed by atoms with van der Waals surface area (Å²) in [4.78, 5) is 13.8. The third kappa shape index (κ3) is 5.16. The Morgan fingerprint density at radius 3 is 2.29 bits per heavy atom. The van der Waals surface area contributed by atoms with Crippen molar-refractivity contribution in [1.82, 2.24) is 5.32 Å². The zero-order valence-corrected chi connectivity index (χ0v) is 13.5. The average molecular weight is 289 g/mol. The number of benzene rings is 1. The van der Waals surface area contributed by atoms with E-state index >= 15 is 0 Å². The van der Waals surface area contributed by atoms with E-state index in [0.29, 0.717) is 6.54 Å². The van der Waals surface area contributed by atoms with Crippen molar-refractivity contribution < 1.29 is 9.69 Å². The number of carbonyl (C=O) groups is 1. The Morgan fingerprint density at radius 2 is 1.67 bits per heavy atom. The molecule has 1 aromatic carbocycles. The molecule has 0 aromatic heterocycles. The van der Waals surface area contributed by atoms with E-state index in [4.69, 9.17) is 0 Å². The number of hydrogen-bond acceptors (Lipinski definition) is 1. The number of carbonyl (C=O) groups excluding carboxylic acids is 1. The smallest absolute Gasteiger partial charge is 0.278 e. The Bertz CT molecular complexity index is 433. The summed E-state index contributed by atoms with van der Waals surface area (Å²) in [5.74, 6) is 0.186. The quantitative estimate of drug-likeness (QED) is 0.871. The van der Waals surface area contributed by atoms with Crippen LogP contribution in [0.2, 0.25) is 0 Å². The van der Waals surface area contributed by atoms with E-state index in [1.807, 2.05) is 0 Å². The molecule has 0 saturated carbocycles. The summed E-state index contributed by atoms with van der Waals surface area (Å²) >= 11 is 0. The second-order valence-corrected chi connectivity index (χ2v) is 6.35. The predicted octanol–water partition coefficient (Wildman–Crippen LogP) is 1.85. The molecule has 1 saturated heterocycles. The highest BCUT2D eigenvalue weighted by Crippen LogP contribution is 2.04. The van der Waals surface area contributed by atoms with Crippen molar-refractivity contribution in [3.63, 3.8) is 0 Å². The third-order valence-corrected chi connectivity index (χ3v) is 4.59. The van der Waals surface area contributed by atoms with Gasteiger partial charge in [0, 0.05) is 6.54 Å². The summed E-state index contributed by atoms with van der Waals surface area (Å²) < 4.78 is 0. The average Bonchev–Trinajstić information content (AvgIpc) is 2.45. The first-order valence-corrected chi connectivity index (χ1v) is 8.34. The van der Waals surface area contributed by atoms with Crippen molar-refractivity contribution in [2.75, 3.05) is 13.1 Å². The largest absolute Gasteiger partial charge is 0.347 e. The molecule has 3 nitrogen and oxygen atoms in total. The molecule has 116 valence electrons. The van der Waals surface area contributed by atoms with Gasteiger partial charge in [-0.3, -0.25) is 4.79 Å². The lowest BCUT2D eigenvalue weighted by molar-refractivity contribution is -0.915. The van der Waals surface area contributed by atoms with E-state index in [0.717, 1.165) is 13.1 Å². The third-order valence-electron chi connectivity index (χ3n) is 4.59. The van der Waals surface area contributed by atoms with Gasteiger partial charge in [-0.1, -0.05) is 36.2 Å². The van der Waals surface area contributed by atoms with Gasteiger partial charge in [-0.15, -0.1) is 0 Å². The Morgan fingerprint density at radius 1 is 1.10 bits per heavy atom. The lowest BCUT2D eigenvalue weighted by atomic mass is 10.1. The number of rotatable bonds is 4. The Labute approximate surface area is 128 Å². The minimum Gasteiger partial charge on any atom is -0.347 e. The molecular weight excluding hydrogens is 260 g/mol. The van der Waals surface area contributed by atoms with E-state index in [2.05, 4.69) is 43.4 Å². The second-order valence-electron chi connectivity index (χ2n) is 6.35. The monoisotopic (exact) mass is 289 g/mol. The molecule has 1 aromatic rings. The van der Waals surface area contributed by atoms with Gasteiger partial charge in [0.1, 0.15) is 0 Å². The van der Waals surface area contributed by atoms with Crippen molar-refractivity contribution in [2.24, 2.45) is 0 Å². The fourth-order valence-corrected chi connectivity index (χ4v) is 3.03. The van der Waals surface area contributed by atoms with Crippen LogP contribution < -0.4 is 10.2 Å². The number of nitrogens with one attached hydrogen (secondary N) is 2. The van der Waals surface area contributed by atoms with Gasteiger partial charge < -0.3 is 10.2 Å². The highest BCUT2D eigenvalue weighted by molar-refractivity contribution is 5.79. The number of amides is 1. The molecule has 1 atom stereocenters. The molecule has 1 aliphatic heterocycles. The minimum absolute atomic E-state index is 0.0635. The topological polar surface area (TPSA) is 33.5 Å². The van der Waals surface area contributed by atoms with Gasteiger partial charge >= 0.3 is 0 Å². The number of hydrogen-bond donors (Lipinski definition) is 2. The van der Waals surface area contributed by atoms with Crippen LogP contribution in [0.25, 0.3) is 0 Å². The number of likely N-dealkylation sites (tertiary alicyclic amines) is 1. The van der Waals surface area contributed by atoms with Gasteiger partial charge in [-0.2, -0.15) is 0 Å². The first-order valence-electron chi connectivity index (χ1n) is 8.34. The molecule has 0 spiro atoms. The van der Waals surface area contributed by atoms with E-state index in [9.17, 15) is 4.79 Å². The maximum atomic E-state index is 12.3. The lowest BCUT2D eigenvalue weighted by Gasteiger charge is -2.27. The Balaban J connectivity index is 1.82. The molecule has 0 aliphatic carbocycles. The van der Waals surface area contributed by atoms with Gasteiger partial charge in [-0.25, -0.2) is 0 Å². The van der Waals surface area contributed by atoms with Crippen LogP contribution in [0.5, 0.6) is 0 Å².